The summed E-state index contributed by atoms with van der Waals surface area (Å²) >= 11 is 5.62. The average Bonchev–Trinajstić information content (AvgIpc) is 3.18. The Hall–Kier alpha value is -1.90. The van der Waals surface area contributed by atoms with E-state index in [4.69, 9.17) is 26.5 Å². The predicted molar refractivity (Wildman–Crippen MR) is 117 cm³/mol. The van der Waals surface area contributed by atoms with Gasteiger partial charge in [0, 0.05) is 64.1 Å². The highest BCUT2D eigenvalue weighted by Crippen LogP contribution is 2.36. The summed E-state index contributed by atoms with van der Waals surface area (Å²) in [5, 5.41) is 8.67. The normalized spacial score (nSPS) is 21.6. The summed E-state index contributed by atoms with van der Waals surface area (Å²) in [4.78, 5) is 10.6. The number of likely N-dealkylation sites (tertiary alicyclic amines) is 1. The summed E-state index contributed by atoms with van der Waals surface area (Å²) in [6, 6.07) is 8.02. The number of oxime groups is 1. The molecular formula is C21H30N4O3S. The lowest BCUT2D eigenvalue weighted by molar-refractivity contribution is -0.0524. The first-order valence-electron chi connectivity index (χ1n) is 10.4. The van der Waals surface area contributed by atoms with Gasteiger partial charge in [-0.05, 0) is 24.4 Å². The topological polar surface area (TPSA) is 58.6 Å². The molecule has 2 fully saturated rings. The minimum atomic E-state index is -0.196. The van der Waals surface area contributed by atoms with E-state index in [1.165, 1.54) is 0 Å². The first kappa shape index (κ1) is 20.4. The van der Waals surface area contributed by atoms with Crippen molar-refractivity contribution in [2.75, 3.05) is 59.6 Å². The number of nitrogens with one attached hydrogen (secondary N) is 1. The summed E-state index contributed by atoms with van der Waals surface area (Å²) in [6.07, 6.45) is 2.69. The number of morpholine rings is 1. The van der Waals surface area contributed by atoms with Crippen molar-refractivity contribution in [2.45, 2.75) is 24.9 Å². The quantitative estimate of drug-likeness (QED) is 0.733. The van der Waals surface area contributed by atoms with Gasteiger partial charge >= 0.3 is 0 Å². The van der Waals surface area contributed by atoms with Gasteiger partial charge in [0.05, 0.1) is 26.0 Å². The number of nitrogens with zero attached hydrogens (tertiary/aromatic N) is 3. The van der Waals surface area contributed by atoms with Crippen LogP contribution in [0, 0.1) is 0 Å². The van der Waals surface area contributed by atoms with Crippen LogP contribution in [0.5, 0.6) is 5.75 Å². The molecule has 29 heavy (non-hydrogen) atoms. The lowest BCUT2D eigenvalue weighted by Gasteiger charge is -2.38. The van der Waals surface area contributed by atoms with Crippen molar-refractivity contribution >= 4 is 23.0 Å². The van der Waals surface area contributed by atoms with Gasteiger partial charge in [0.2, 0.25) is 0 Å². The van der Waals surface area contributed by atoms with Crippen LogP contribution < -0.4 is 10.1 Å². The molecule has 0 unspecified atom stereocenters. The average molecular weight is 419 g/mol. The number of ether oxygens (including phenoxy) is 2. The molecule has 0 radical (unpaired) electrons. The molecule has 1 aromatic rings. The van der Waals surface area contributed by atoms with Crippen LogP contribution in [0.3, 0.4) is 0 Å². The van der Waals surface area contributed by atoms with Crippen molar-refractivity contribution in [1.29, 1.82) is 0 Å². The summed E-state index contributed by atoms with van der Waals surface area (Å²) in [7, 11) is 1.68. The number of hydrogen-bond donors (Lipinski definition) is 1. The molecule has 8 heteroatoms. The van der Waals surface area contributed by atoms with Crippen molar-refractivity contribution in [3.05, 3.63) is 29.8 Å². The summed E-state index contributed by atoms with van der Waals surface area (Å²) in [5.74, 6) is 0.842. The fraction of sp³-hybridized carbons (Fsp3) is 0.619. The van der Waals surface area contributed by atoms with Gasteiger partial charge in [-0.25, -0.2) is 0 Å². The smallest absolute Gasteiger partial charge is 0.168 e. The highest BCUT2D eigenvalue weighted by atomic mass is 32.1. The Morgan fingerprint density at radius 2 is 2.03 bits per heavy atom. The summed E-state index contributed by atoms with van der Waals surface area (Å²) in [5.41, 5.74) is 1.88. The first-order valence-corrected chi connectivity index (χ1v) is 10.8. The molecule has 4 rings (SSSR count). The highest BCUT2D eigenvalue weighted by molar-refractivity contribution is 7.80. The van der Waals surface area contributed by atoms with Crippen LogP contribution >= 0.6 is 12.2 Å². The van der Waals surface area contributed by atoms with Crippen LogP contribution in [0.1, 0.15) is 24.8 Å². The van der Waals surface area contributed by atoms with Gasteiger partial charge in [-0.1, -0.05) is 17.3 Å². The Labute approximate surface area is 178 Å². The molecule has 0 saturated carbocycles. The van der Waals surface area contributed by atoms with Crippen molar-refractivity contribution in [3.8, 4) is 5.75 Å². The molecule has 3 heterocycles. The molecule has 0 bridgehead atoms. The molecule has 1 N–H and O–H groups in total. The van der Waals surface area contributed by atoms with E-state index >= 15 is 0 Å². The van der Waals surface area contributed by atoms with Gasteiger partial charge in [0.1, 0.15) is 11.4 Å². The van der Waals surface area contributed by atoms with Gasteiger partial charge < -0.3 is 24.5 Å². The second-order valence-electron chi connectivity index (χ2n) is 7.89. The minimum Gasteiger partial charge on any atom is -0.497 e. The van der Waals surface area contributed by atoms with E-state index in [0.29, 0.717) is 0 Å². The third kappa shape index (κ3) is 4.99. The van der Waals surface area contributed by atoms with Gasteiger partial charge in [-0.2, -0.15) is 0 Å². The molecule has 7 nitrogen and oxygen atoms in total. The Morgan fingerprint density at radius 1 is 1.24 bits per heavy atom. The monoisotopic (exact) mass is 418 g/mol. The maximum atomic E-state index is 5.95. The Kier molecular flexibility index (Phi) is 6.52. The van der Waals surface area contributed by atoms with Gasteiger partial charge in [-0.3, -0.25) is 4.90 Å². The SMILES string of the molecule is COc1cccc(C2=NOC3(CCN(C(=S)NCCN4CCOCC4)CC3)C2)c1. The van der Waals surface area contributed by atoms with E-state index in [1.54, 1.807) is 7.11 Å². The summed E-state index contributed by atoms with van der Waals surface area (Å²) < 4.78 is 10.7. The van der Waals surface area contributed by atoms with Crippen LogP contribution in [-0.2, 0) is 9.57 Å². The van der Waals surface area contributed by atoms with Crippen LogP contribution in [0.4, 0.5) is 0 Å². The molecule has 0 amide bonds. The number of benzene rings is 1. The van der Waals surface area contributed by atoms with Gasteiger partial charge in [0.15, 0.2) is 5.11 Å². The molecule has 3 aliphatic rings. The lowest BCUT2D eigenvalue weighted by Crippen LogP contribution is -2.51. The third-order valence-corrected chi connectivity index (χ3v) is 6.41. The summed E-state index contributed by atoms with van der Waals surface area (Å²) in [6.45, 7) is 7.34. The molecule has 1 spiro atoms. The standard InChI is InChI=1S/C21H30N4O3S/c1-26-18-4-2-3-17(15-18)19-16-21(28-23-19)5-8-25(9-6-21)20(29)22-7-10-24-11-13-27-14-12-24/h2-4,15H,5-14,16H2,1H3,(H,22,29). The van der Waals surface area contributed by atoms with E-state index in [9.17, 15) is 0 Å². The predicted octanol–water partition coefficient (Wildman–Crippen LogP) is 1.86. The largest absolute Gasteiger partial charge is 0.497 e. The van der Waals surface area contributed by atoms with Crippen LogP contribution in [-0.4, -0.2) is 85.8 Å². The molecule has 3 aliphatic heterocycles. The highest BCUT2D eigenvalue weighted by Gasteiger charge is 2.42. The number of thiocarbonyl (C=S) groups is 1. The van der Waals surface area contributed by atoms with E-state index in [2.05, 4.69) is 26.3 Å². The van der Waals surface area contributed by atoms with Gasteiger partial charge in [0.25, 0.3) is 0 Å². The minimum absolute atomic E-state index is 0.196. The lowest BCUT2D eigenvalue weighted by atomic mass is 9.85. The molecule has 158 valence electrons. The van der Waals surface area contributed by atoms with Crippen LogP contribution in [0.15, 0.2) is 29.4 Å². The zero-order chi connectivity index (χ0) is 20.1. The number of rotatable bonds is 5. The molecule has 0 aliphatic carbocycles. The first-order chi connectivity index (χ1) is 14.2. The number of hydrogen-bond acceptors (Lipinski definition) is 6. The maximum Gasteiger partial charge on any atom is 0.168 e. The Balaban J connectivity index is 1.22. The Morgan fingerprint density at radius 3 is 2.79 bits per heavy atom. The molecular weight excluding hydrogens is 388 g/mol. The molecule has 0 aromatic heterocycles. The van der Waals surface area contributed by atoms with Crippen LogP contribution in [0.2, 0.25) is 0 Å². The van der Waals surface area contributed by atoms with Crippen molar-refractivity contribution in [3.63, 3.8) is 0 Å². The van der Waals surface area contributed by atoms with E-state index in [0.717, 1.165) is 93.9 Å². The fourth-order valence-corrected chi connectivity index (χ4v) is 4.41. The van der Waals surface area contributed by atoms with Crippen molar-refractivity contribution < 1.29 is 14.3 Å². The second kappa shape index (κ2) is 9.28. The Bertz CT molecular complexity index is 743. The zero-order valence-electron chi connectivity index (χ0n) is 17.1. The molecule has 0 atom stereocenters. The number of piperidine rings is 1. The molecule has 1 aromatic carbocycles. The third-order valence-electron chi connectivity index (χ3n) is 6.01. The van der Waals surface area contributed by atoms with E-state index in [1.807, 2.05) is 18.2 Å². The van der Waals surface area contributed by atoms with Crippen molar-refractivity contribution in [2.24, 2.45) is 5.16 Å². The van der Waals surface area contributed by atoms with Crippen LogP contribution in [0.25, 0.3) is 0 Å². The maximum absolute atomic E-state index is 5.95. The van der Waals surface area contributed by atoms with Crippen molar-refractivity contribution in [1.82, 2.24) is 15.1 Å². The van der Waals surface area contributed by atoms with Gasteiger partial charge in [-0.15, -0.1) is 0 Å². The number of methoxy groups -OCH3 is 1. The van der Waals surface area contributed by atoms with E-state index in [-0.39, 0.29) is 5.60 Å². The molecule has 2 saturated heterocycles. The van der Waals surface area contributed by atoms with E-state index < -0.39 is 0 Å². The fourth-order valence-electron chi connectivity index (χ4n) is 4.12. The zero-order valence-corrected chi connectivity index (χ0v) is 17.9. The second-order valence-corrected chi connectivity index (χ2v) is 8.28.